The number of carboxylic acid groups (broad SMARTS) is 2. The summed E-state index contributed by atoms with van der Waals surface area (Å²) in [5.74, 6) is -2.99. The van der Waals surface area contributed by atoms with Crippen molar-refractivity contribution in [3.63, 3.8) is 0 Å². The van der Waals surface area contributed by atoms with Gasteiger partial charge in [-0.2, -0.15) is 8.42 Å². The van der Waals surface area contributed by atoms with Crippen LogP contribution in [0, 0.1) is 6.92 Å². The van der Waals surface area contributed by atoms with Gasteiger partial charge in [0.25, 0.3) is 10.1 Å². The molecule has 0 fully saturated rings. The van der Waals surface area contributed by atoms with Gasteiger partial charge in [-0.15, -0.1) is 0 Å². The van der Waals surface area contributed by atoms with E-state index in [2.05, 4.69) is 48.9 Å². The Balaban J connectivity index is 1.01. The van der Waals surface area contributed by atoms with Gasteiger partial charge in [0.1, 0.15) is 17.1 Å². The Morgan fingerprint density at radius 3 is 2.33 bits per heavy atom. The fourth-order valence-electron chi connectivity index (χ4n) is 9.10. The SMILES string of the molecule is C=C(/C=C/C=C/C=C1\N(CCCCCC(=O)NCc2c3oc4cc(O)ccc4c(-c4ccc(C(=O)O)cc4C(=O)O)c-3ccc2=O)c2ccccc2C1(C)C)C(C)(C)c1cc(S(=O)(=O)O)ccc1C. The number of fused-ring (bicyclic) bond motifs is 3. The second-order valence-electron chi connectivity index (χ2n) is 18.2. The summed E-state index contributed by atoms with van der Waals surface area (Å²) in [6.07, 6.45) is 12.1. The zero-order chi connectivity index (χ0) is 50.0. The number of amides is 1. The number of aryl methyl sites for hydroxylation is 1. The molecule has 13 nitrogen and oxygen atoms in total. The lowest BCUT2D eigenvalue weighted by Gasteiger charge is -2.28. The molecule has 1 aliphatic carbocycles. The highest BCUT2D eigenvalue weighted by Gasteiger charge is 2.39. The Kier molecular flexibility index (Phi) is 14.0. The molecule has 0 saturated heterocycles. The number of hydrogen-bond acceptors (Lipinski definition) is 9. The number of aromatic hydroxyl groups is 1. The molecule has 4 aromatic carbocycles. The molecule has 0 aromatic heterocycles. The van der Waals surface area contributed by atoms with Crippen LogP contribution in [0.4, 0.5) is 5.69 Å². The van der Waals surface area contributed by atoms with E-state index in [0.717, 1.165) is 47.0 Å². The van der Waals surface area contributed by atoms with E-state index >= 15 is 0 Å². The van der Waals surface area contributed by atoms with Crippen LogP contribution in [0.15, 0.2) is 153 Å². The molecule has 69 heavy (non-hydrogen) atoms. The van der Waals surface area contributed by atoms with E-state index in [4.69, 9.17) is 4.42 Å². The third-order valence-corrected chi connectivity index (χ3v) is 13.9. The largest absolute Gasteiger partial charge is 0.508 e. The molecule has 0 radical (unpaired) electrons. The first kappa shape index (κ1) is 49.4. The first-order valence-corrected chi connectivity index (χ1v) is 23.8. The van der Waals surface area contributed by atoms with Crippen molar-refractivity contribution in [2.24, 2.45) is 0 Å². The van der Waals surface area contributed by atoms with Crippen molar-refractivity contribution >= 4 is 44.6 Å². The maximum atomic E-state index is 13.4. The van der Waals surface area contributed by atoms with E-state index in [1.54, 1.807) is 12.1 Å². The van der Waals surface area contributed by atoms with E-state index in [9.17, 15) is 47.5 Å². The zero-order valence-corrected chi connectivity index (χ0v) is 39.8. The molecule has 2 heterocycles. The average Bonchev–Trinajstić information content (AvgIpc) is 3.51. The molecule has 5 N–H and O–H groups in total. The molecule has 4 aromatic rings. The van der Waals surface area contributed by atoms with Crippen LogP contribution in [0.1, 0.15) is 96.3 Å². The number of para-hydroxylation sites is 1. The van der Waals surface area contributed by atoms with Crippen LogP contribution in [0.25, 0.3) is 33.4 Å². The van der Waals surface area contributed by atoms with Crippen LogP contribution in [0.3, 0.4) is 0 Å². The molecule has 7 rings (SSSR count). The van der Waals surface area contributed by atoms with Crippen LogP contribution in [-0.2, 0) is 32.3 Å². The standard InChI is InChI=1S/C55H54N2O11S/c1-33-20-23-37(69(65,66)67)31-44(33)54(3,4)34(2)15-9-7-10-18-48-55(5,6)43-16-12-13-17-45(43)57(48)28-14-8-11-19-49(60)56-32-42-46(59)27-26-40-50(39-25-22-36(58)30-47(39)68-51(40)42)38-24-21-35(52(61)62)29-41(38)53(63)64/h7,9-10,12-13,15-18,20-27,29-31,58H,2,8,11,14,19,28,32H2,1,3-6H3,(H,56,60)(H,61,62)(H,63,64)(H,65,66,67)/b10-7+,15-9+,48-18-. The van der Waals surface area contributed by atoms with Crippen LogP contribution in [-0.4, -0.2) is 52.7 Å². The molecule has 0 saturated carbocycles. The second kappa shape index (κ2) is 19.6. The topological polar surface area (TPSA) is 212 Å². The lowest BCUT2D eigenvalue weighted by atomic mass is 9.76. The quantitative estimate of drug-likeness (QED) is 0.0250. The second-order valence-corrected chi connectivity index (χ2v) is 19.6. The number of phenols is 1. The summed E-state index contributed by atoms with van der Waals surface area (Å²) < 4.78 is 39.6. The molecule has 14 heteroatoms. The Morgan fingerprint density at radius 1 is 0.870 bits per heavy atom. The molecule has 0 unspecified atom stereocenters. The number of aromatic carboxylic acids is 2. The number of nitrogens with zero attached hydrogens (tertiary/aromatic N) is 1. The number of phenolic OH excluding ortho intramolecular Hbond substituents is 1. The summed E-state index contributed by atoms with van der Waals surface area (Å²) in [6, 6.07) is 23.7. The molecule has 3 aliphatic rings. The monoisotopic (exact) mass is 950 g/mol. The average molecular weight is 951 g/mol. The number of nitrogens with one attached hydrogen (secondary N) is 1. The van der Waals surface area contributed by atoms with E-state index in [-0.39, 0.29) is 68.5 Å². The number of unbranched alkanes of at least 4 members (excludes halogenated alkanes) is 2. The molecule has 0 spiro atoms. The number of rotatable bonds is 17. The van der Waals surface area contributed by atoms with E-state index < -0.39 is 32.9 Å². The number of carbonyl (C=O) groups is 3. The molecule has 356 valence electrons. The van der Waals surface area contributed by atoms with E-state index in [1.165, 1.54) is 54.1 Å². The molecular formula is C55H54N2O11S. The Bertz CT molecular complexity index is 3280. The van der Waals surface area contributed by atoms with Crippen molar-refractivity contribution in [3.05, 3.63) is 183 Å². The maximum absolute atomic E-state index is 13.4. The number of hydrogen-bond donors (Lipinski definition) is 5. The highest BCUT2D eigenvalue weighted by atomic mass is 32.2. The normalized spacial score (nSPS) is 14.3. The third kappa shape index (κ3) is 10.2. The summed E-state index contributed by atoms with van der Waals surface area (Å²) in [4.78, 5) is 53.0. The number of benzene rings is 5. The predicted octanol–water partition coefficient (Wildman–Crippen LogP) is 10.7. The minimum atomic E-state index is -4.37. The van der Waals surface area contributed by atoms with Crippen LogP contribution in [0.5, 0.6) is 5.75 Å². The van der Waals surface area contributed by atoms with Gasteiger partial charge in [-0.1, -0.05) is 95.3 Å². The molecular weight excluding hydrogens is 897 g/mol. The van der Waals surface area contributed by atoms with Gasteiger partial charge in [0, 0.05) is 57.8 Å². The zero-order valence-electron chi connectivity index (χ0n) is 39.0. The van der Waals surface area contributed by atoms with Crippen LogP contribution >= 0.6 is 0 Å². The summed E-state index contributed by atoms with van der Waals surface area (Å²) in [7, 11) is -4.37. The fraction of sp³-hybridized carbons (Fsp3) is 0.236. The number of anilines is 1. The van der Waals surface area contributed by atoms with Crippen LogP contribution < -0.4 is 15.6 Å². The number of carboxylic acids is 2. The van der Waals surface area contributed by atoms with E-state index in [0.29, 0.717) is 29.5 Å². The minimum absolute atomic E-state index is 0.0878. The molecule has 0 atom stereocenters. The van der Waals surface area contributed by atoms with Crippen molar-refractivity contribution in [1.82, 2.24) is 5.32 Å². The molecule has 0 bridgehead atoms. The maximum Gasteiger partial charge on any atom is 0.336 e. The number of allylic oxidation sites excluding steroid dienone is 7. The fourth-order valence-corrected chi connectivity index (χ4v) is 9.61. The van der Waals surface area contributed by atoms with Crippen molar-refractivity contribution in [2.45, 2.75) is 82.6 Å². The summed E-state index contributed by atoms with van der Waals surface area (Å²) in [5.41, 5.74) is 5.11. The van der Waals surface area contributed by atoms with Gasteiger partial charge >= 0.3 is 11.9 Å². The Labute approximate surface area is 400 Å². The van der Waals surface area contributed by atoms with Crippen LogP contribution in [0.2, 0.25) is 0 Å². The Morgan fingerprint density at radius 2 is 1.61 bits per heavy atom. The van der Waals surface area contributed by atoms with E-state index in [1.807, 2.05) is 57.2 Å². The smallest absolute Gasteiger partial charge is 0.336 e. The summed E-state index contributed by atoms with van der Waals surface area (Å²) in [6.45, 7) is 15.0. The molecule has 2 aliphatic heterocycles. The van der Waals surface area contributed by atoms with Gasteiger partial charge in [0.2, 0.25) is 5.91 Å². The highest BCUT2D eigenvalue weighted by molar-refractivity contribution is 7.85. The summed E-state index contributed by atoms with van der Waals surface area (Å²) >= 11 is 0. The van der Waals surface area contributed by atoms with Gasteiger partial charge in [-0.3, -0.25) is 14.1 Å². The van der Waals surface area contributed by atoms with Gasteiger partial charge in [0.15, 0.2) is 5.43 Å². The first-order chi connectivity index (χ1) is 32.6. The first-order valence-electron chi connectivity index (χ1n) is 22.4. The van der Waals surface area contributed by atoms with Gasteiger partial charge in [-0.05, 0) is 108 Å². The van der Waals surface area contributed by atoms with Gasteiger partial charge < -0.3 is 30.0 Å². The lowest BCUT2D eigenvalue weighted by Crippen LogP contribution is -2.27. The highest BCUT2D eigenvalue weighted by Crippen LogP contribution is 2.48. The lowest BCUT2D eigenvalue weighted by molar-refractivity contribution is -0.121. The minimum Gasteiger partial charge on any atom is -0.508 e. The van der Waals surface area contributed by atoms with Gasteiger partial charge in [0.05, 0.1) is 28.1 Å². The third-order valence-electron chi connectivity index (χ3n) is 13.0. The summed E-state index contributed by atoms with van der Waals surface area (Å²) in [5, 5.41) is 33.3. The predicted molar refractivity (Wildman–Crippen MR) is 267 cm³/mol. The van der Waals surface area contributed by atoms with Crippen molar-refractivity contribution in [3.8, 4) is 28.2 Å². The Hall–Kier alpha value is -7.55. The van der Waals surface area contributed by atoms with Crippen molar-refractivity contribution < 1.29 is 47.1 Å². The van der Waals surface area contributed by atoms with Gasteiger partial charge in [-0.25, -0.2) is 9.59 Å². The van der Waals surface area contributed by atoms with Crippen molar-refractivity contribution in [1.29, 1.82) is 0 Å². The van der Waals surface area contributed by atoms with Crippen molar-refractivity contribution in [2.75, 3.05) is 11.4 Å². The number of carbonyl (C=O) groups excluding carboxylic acids is 1. The molecule has 1 amide bonds.